The summed E-state index contributed by atoms with van der Waals surface area (Å²) in [7, 11) is 0. The van der Waals surface area contributed by atoms with Crippen molar-refractivity contribution in [2.24, 2.45) is 0 Å². The van der Waals surface area contributed by atoms with Crippen LogP contribution in [0.4, 0.5) is 5.82 Å². The second-order valence-electron chi connectivity index (χ2n) is 2.95. The molecule has 0 aliphatic heterocycles. The summed E-state index contributed by atoms with van der Waals surface area (Å²) in [5, 5.41) is 6.46. The molecule has 0 saturated heterocycles. The molecule has 0 atom stereocenters. The smallest absolute Gasteiger partial charge is 0.339 e. The quantitative estimate of drug-likeness (QED) is 0.706. The maximum absolute atomic E-state index is 11.4. The van der Waals surface area contributed by atoms with E-state index in [1.54, 1.807) is 13.0 Å². The topological polar surface area (TPSA) is 93.9 Å². The first-order valence-corrected chi connectivity index (χ1v) is 4.49. The second-order valence-corrected chi connectivity index (χ2v) is 2.95. The van der Waals surface area contributed by atoms with Gasteiger partial charge in [-0.25, -0.2) is 9.78 Å². The molecule has 0 saturated carbocycles. The van der Waals surface area contributed by atoms with Crippen molar-refractivity contribution in [1.82, 2.24) is 15.2 Å². The Morgan fingerprint density at radius 3 is 3.20 bits per heavy atom. The van der Waals surface area contributed by atoms with Gasteiger partial charge in [0.15, 0.2) is 5.82 Å². The van der Waals surface area contributed by atoms with Crippen molar-refractivity contribution in [3.63, 3.8) is 0 Å². The van der Waals surface area contributed by atoms with E-state index >= 15 is 0 Å². The molecule has 0 unspecified atom stereocenters. The predicted octanol–water partition coefficient (Wildman–Crippen LogP) is 0.717. The van der Waals surface area contributed by atoms with E-state index in [4.69, 9.17) is 10.5 Å². The van der Waals surface area contributed by atoms with Crippen molar-refractivity contribution in [3.8, 4) is 0 Å². The minimum atomic E-state index is -0.403. The number of fused-ring (bicyclic) bond motifs is 1. The minimum absolute atomic E-state index is 0.320. The molecular weight excluding hydrogens is 196 g/mol. The number of hydrogen-bond acceptors (Lipinski definition) is 5. The van der Waals surface area contributed by atoms with Crippen molar-refractivity contribution in [3.05, 3.63) is 17.8 Å². The van der Waals surface area contributed by atoms with Crippen LogP contribution in [0, 0.1) is 0 Å². The molecule has 0 spiro atoms. The number of nitrogens with zero attached hydrogens (tertiary/aromatic N) is 2. The average molecular weight is 206 g/mol. The van der Waals surface area contributed by atoms with Crippen molar-refractivity contribution in [2.75, 3.05) is 12.3 Å². The molecule has 2 rings (SSSR count). The molecule has 6 nitrogen and oxygen atoms in total. The Kier molecular flexibility index (Phi) is 2.24. The van der Waals surface area contributed by atoms with Gasteiger partial charge < -0.3 is 10.5 Å². The maximum Gasteiger partial charge on any atom is 0.339 e. The predicted molar refractivity (Wildman–Crippen MR) is 54.3 cm³/mol. The fourth-order valence-electron chi connectivity index (χ4n) is 1.25. The number of nitrogens with one attached hydrogen (secondary N) is 1. The first-order chi connectivity index (χ1) is 7.22. The van der Waals surface area contributed by atoms with E-state index in [1.165, 1.54) is 6.20 Å². The number of carbonyl (C=O) groups excluding carboxylic acids is 1. The minimum Gasteiger partial charge on any atom is -0.462 e. The van der Waals surface area contributed by atoms with Crippen LogP contribution in [-0.2, 0) is 4.74 Å². The van der Waals surface area contributed by atoms with Gasteiger partial charge in [-0.3, -0.25) is 5.10 Å². The summed E-state index contributed by atoms with van der Waals surface area (Å²) in [4.78, 5) is 15.4. The lowest BCUT2D eigenvalue weighted by atomic mass is 10.2. The van der Waals surface area contributed by atoms with E-state index in [2.05, 4.69) is 15.2 Å². The van der Waals surface area contributed by atoms with Crippen LogP contribution in [0.2, 0.25) is 0 Å². The number of nitrogen functional groups attached to an aromatic ring is 1. The lowest BCUT2D eigenvalue weighted by Gasteiger charge is -2.00. The van der Waals surface area contributed by atoms with Crippen molar-refractivity contribution in [1.29, 1.82) is 0 Å². The van der Waals surface area contributed by atoms with Crippen LogP contribution in [0.25, 0.3) is 11.0 Å². The van der Waals surface area contributed by atoms with Crippen LogP contribution in [0.3, 0.4) is 0 Å². The number of carbonyl (C=O) groups is 1. The van der Waals surface area contributed by atoms with Gasteiger partial charge in [0.2, 0.25) is 0 Å². The molecule has 6 heteroatoms. The van der Waals surface area contributed by atoms with E-state index in [9.17, 15) is 4.79 Å². The van der Waals surface area contributed by atoms with Crippen LogP contribution in [0.5, 0.6) is 0 Å². The molecule has 0 aromatic carbocycles. The van der Waals surface area contributed by atoms with E-state index < -0.39 is 5.97 Å². The van der Waals surface area contributed by atoms with Gasteiger partial charge in [-0.05, 0) is 13.0 Å². The largest absolute Gasteiger partial charge is 0.462 e. The molecule has 2 aromatic rings. The van der Waals surface area contributed by atoms with Crippen molar-refractivity contribution in [2.45, 2.75) is 6.92 Å². The van der Waals surface area contributed by atoms with Crippen LogP contribution in [0.15, 0.2) is 12.3 Å². The second kappa shape index (κ2) is 3.56. The van der Waals surface area contributed by atoms with Gasteiger partial charge in [-0.15, -0.1) is 0 Å². The molecule has 0 bridgehead atoms. The summed E-state index contributed by atoms with van der Waals surface area (Å²) in [5.41, 5.74) is 7.10. The highest BCUT2D eigenvalue weighted by molar-refractivity contribution is 5.94. The van der Waals surface area contributed by atoms with Crippen molar-refractivity contribution >= 4 is 22.8 Å². The maximum atomic E-state index is 11.4. The van der Waals surface area contributed by atoms with Crippen LogP contribution in [0.1, 0.15) is 17.3 Å². The molecule has 0 aliphatic carbocycles. The zero-order chi connectivity index (χ0) is 10.8. The normalized spacial score (nSPS) is 10.5. The highest BCUT2D eigenvalue weighted by atomic mass is 16.5. The Balaban J connectivity index is 2.43. The van der Waals surface area contributed by atoms with Crippen molar-refractivity contribution < 1.29 is 9.53 Å². The average Bonchev–Trinajstić information content (AvgIpc) is 2.60. The third kappa shape index (κ3) is 1.61. The number of anilines is 1. The van der Waals surface area contributed by atoms with Gasteiger partial charge in [-0.1, -0.05) is 0 Å². The molecule has 3 N–H and O–H groups in total. The molecule has 0 radical (unpaired) electrons. The van der Waals surface area contributed by atoms with E-state index in [1.807, 2.05) is 0 Å². The third-order valence-electron chi connectivity index (χ3n) is 1.94. The van der Waals surface area contributed by atoms with Gasteiger partial charge in [-0.2, -0.15) is 5.10 Å². The van der Waals surface area contributed by atoms with Gasteiger partial charge in [0.05, 0.1) is 17.7 Å². The molecule has 0 fully saturated rings. The number of esters is 1. The molecule has 0 amide bonds. The van der Waals surface area contributed by atoms with E-state index in [0.717, 1.165) is 0 Å². The first kappa shape index (κ1) is 9.45. The fraction of sp³-hybridized carbons (Fsp3) is 0.222. The molecule has 15 heavy (non-hydrogen) atoms. The number of nitrogens with two attached hydrogens (primary N) is 1. The molecule has 2 aromatic heterocycles. The number of aromatic amines is 1. The summed E-state index contributed by atoms with van der Waals surface area (Å²) in [6, 6.07) is 1.61. The number of pyridine rings is 1. The summed E-state index contributed by atoms with van der Waals surface area (Å²) in [6.07, 6.45) is 1.42. The Morgan fingerprint density at radius 1 is 1.67 bits per heavy atom. The lowest BCUT2D eigenvalue weighted by Crippen LogP contribution is -2.04. The third-order valence-corrected chi connectivity index (χ3v) is 1.94. The number of aromatic nitrogens is 3. The highest BCUT2D eigenvalue weighted by Gasteiger charge is 2.10. The zero-order valence-corrected chi connectivity index (χ0v) is 8.15. The van der Waals surface area contributed by atoms with Crippen LogP contribution in [-0.4, -0.2) is 27.8 Å². The lowest BCUT2D eigenvalue weighted by molar-refractivity contribution is 0.0526. The SMILES string of the molecule is CCOC(=O)c1cnc2c(N)n[nH]c2c1. The molecular formula is C9H10N4O2. The van der Waals surface area contributed by atoms with E-state index in [0.29, 0.717) is 29.0 Å². The Hall–Kier alpha value is -2.11. The summed E-state index contributed by atoms with van der Waals surface area (Å²) in [6.45, 7) is 2.08. The molecule has 78 valence electrons. The van der Waals surface area contributed by atoms with Gasteiger partial charge in [0.1, 0.15) is 5.52 Å². The first-order valence-electron chi connectivity index (χ1n) is 4.49. The zero-order valence-electron chi connectivity index (χ0n) is 8.15. The Bertz CT molecular complexity index is 506. The number of H-pyrrole nitrogens is 1. The number of hydrogen-bond donors (Lipinski definition) is 2. The summed E-state index contributed by atoms with van der Waals surface area (Å²) < 4.78 is 4.84. The molecule has 0 aliphatic rings. The number of ether oxygens (including phenoxy) is 1. The van der Waals surface area contributed by atoms with Gasteiger partial charge in [0, 0.05) is 6.20 Å². The van der Waals surface area contributed by atoms with Crippen LogP contribution >= 0.6 is 0 Å². The van der Waals surface area contributed by atoms with Gasteiger partial charge in [0.25, 0.3) is 0 Å². The highest BCUT2D eigenvalue weighted by Crippen LogP contribution is 2.15. The summed E-state index contributed by atoms with van der Waals surface area (Å²) in [5.74, 6) is -0.0829. The number of rotatable bonds is 2. The Labute approximate surface area is 85.4 Å². The fourth-order valence-corrected chi connectivity index (χ4v) is 1.25. The monoisotopic (exact) mass is 206 g/mol. The van der Waals surface area contributed by atoms with E-state index in [-0.39, 0.29) is 0 Å². The van der Waals surface area contributed by atoms with Gasteiger partial charge >= 0.3 is 5.97 Å². The summed E-state index contributed by atoms with van der Waals surface area (Å²) >= 11 is 0. The molecule has 2 heterocycles. The Morgan fingerprint density at radius 2 is 2.47 bits per heavy atom. The van der Waals surface area contributed by atoms with Crippen LogP contribution < -0.4 is 5.73 Å². The standard InChI is InChI=1S/C9H10N4O2/c1-2-15-9(14)5-3-6-7(11-4-5)8(10)13-12-6/h3-4H,2H2,1H3,(H3,10,12,13).